The van der Waals surface area contributed by atoms with Crippen LogP contribution in [0.25, 0.3) is 0 Å². The molecule has 3 nitrogen and oxygen atoms in total. The van der Waals surface area contributed by atoms with Crippen molar-refractivity contribution >= 4 is 5.97 Å². The standard InChI is InChI=1S/C15H19NO2/c1-16-12-3-2-5-13-8-10-14(11-9-13)6-4-7-15(17)18/h8-11,16H,3-4,6-7,12H2,1H3,(H,17,18). The molecule has 0 amide bonds. The van der Waals surface area contributed by atoms with Gasteiger partial charge in [0.05, 0.1) is 0 Å². The zero-order valence-electron chi connectivity index (χ0n) is 10.7. The zero-order chi connectivity index (χ0) is 13.2. The van der Waals surface area contributed by atoms with Crippen molar-refractivity contribution in [2.45, 2.75) is 25.7 Å². The summed E-state index contributed by atoms with van der Waals surface area (Å²) in [5, 5.41) is 11.6. The highest BCUT2D eigenvalue weighted by atomic mass is 16.4. The fraction of sp³-hybridized carbons (Fsp3) is 0.400. The van der Waals surface area contributed by atoms with Crippen LogP contribution in [0.1, 0.15) is 30.4 Å². The highest BCUT2D eigenvalue weighted by molar-refractivity contribution is 5.66. The van der Waals surface area contributed by atoms with Gasteiger partial charge in [-0.05, 0) is 37.6 Å². The summed E-state index contributed by atoms with van der Waals surface area (Å²) in [4.78, 5) is 10.4. The highest BCUT2D eigenvalue weighted by Gasteiger charge is 1.98. The van der Waals surface area contributed by atoms with Crippen LogP contribution in [0.2, 0.25) is 0 Å². The maximum absolute atomic E-state index is 10.4. The van der Waals surface area contributed by atoms with Crippen LogP contribution >= 0.6 is 0 Å². The Labute approximate surface area is 108 Å². The molecule has 1 rings (SSSR count). The molecule has 0 atom stereocenters. The summed E-state index contributed by atoms with van der Waals surface area (Å²) in [6.45, 7) is 0.903. The third-order valence-corrected chi connectivity index (χ3v) is 2.54. The van der Waals surface area contributed by atoms with E-state index in [0.29, 0.717) is 6.42 Å². The average Bonchev–Trinajstić information content (AvgIpc) is 2.36. The van der Waals surface area contributed by atoms with Crippen molar-refractivity contribution < 1.29 is 9.90 Å². The van der Waals surface area contributed by atoms with Gasteiger partial charge in [-0.15, -0.1) is 0 Å². The van der Waals surface area contributed by atoms with E-state index in [-0.39, 0.29) is 6.42 Å². The Morgan fingerprint density at radius 2 is 2.06 bits per heavy atom. The Bertz CT molecular complexity index is 426. The first-order valence-corrected chi connectivity index (χ1v) is 6.16. The van der Waals surface area contributed by atoms with E-state index in [1.54, 1.807) is 0 Å². The summed E-state index contributed by atoms with van der Waals surface area (Å²) >= 11 is 0. The highest BCUT2D eigenvalue weighted by Crippen LogP contribution is 2.07. The number of carboxylic acid groups (broad SMARTS) is 1. The van der Waals surface area contributed by atoms with E-state index >= 15 is 0 Å². The Kier molecular flexibility index (Phi) is 6.60. The summed E-state index contributed by atoms with van der Waals surface area (Å²) < 4.78 is 0. The lowest BCUT2D eigenvalue weighted by Crippen LogP contribution is -2.05. The van der Waals surface area contributed by atoms with Crippen LogP contribution in [0.3, 0.4) is 0 Å². The third kappa shape index (κ3) is 6.07. The first-order valence-electron chi connectivity index (χ1n) is 6.16. The van der Waals surface area contributed by atoms with Crippen molar-refractivity contribution in [1.29, 1.82) is 0 Å². The summed E-state index contributed by atoms with van der Waals surface area (Å²) in [5.74, 6) is 5.45. The van der Waals surface area contributed by atoms with E-state index in [4.69, 9.17) is 5.11 Å². The first kappa shape index (κ1) is 14.3. The van der Waals surface area contributed by atoms with Crippen LogP contribution in [-0.4, -0.2) is 24.7 Å². The molecule has 0 aliphatic carbocycles. The summed E-state index contributed by atoms with van der Waals surface area (Å²) in [6, 6.07) is 8.01. The number of aliphatic carboxylic acids is 1. The average molecular weight is 245 g/mol. The molecule has 18 heavy (non-hydrogen) atoms. The van der Waals surface area contributed by atoms with E-state index in [2.05, 4.69) is 17.2 Å². The molecule has 0 aliphatic rings. The first-order chi connectivity index (χ1) is 8.72. The van der Waals surface area contributed by atoms with E-state index in [1.807, 2.05) is 31.3 Å². The molecular weight excluding hydrogens is 226 g/mol. The van der Waals surface area contributed by atoms with Crippen LogP contribution < -0.4 is 5.32 Å². The minimum atomic E-state index is -0.734. The van der Waals surface area contributed by atoms with Gasteiger partial charge in [-0.3, -0.25) is 4.79 Å². The molecule has 2 N–H and O–H groups in total. The number of aryl methyl sites for hydroxylation is 1. The van der Waals surface area contributed by atoms with Gasteiger partial charge in [0.15, 0.2) is 0 Å². The Balaban J connectivity index is 2.41. The Morgan fingerprint density at radius 1 is 1.33 bits per heavy atom. The van der Waals surface area contributed by atoms with E-state index in [1.165, 1.54) is 0 Å². The van der Waals surface area contributed by atoms with Crippen molar-refractivity contribution in [2.75, 3.05) is 13.6 Å². The molecule has 0 aromatic heterocycles. The van der Waals surface area contributed by atoms with Crippen LogP contribution in [0.15, 0.2) is 24.3 Å². The number of nitrogens with one attached hydrogen (secondary N) is 1. The lowest BCUT2D eigenvalue weighted by molar-refractivity contribution is -0.137. The van der Waals surface area contributed by atoms with Crippen molar-refractivity contribution in [3.05, 3.63) is 35.4 Å². The molecule has 3 heteroatoms. The van der Waals surface area contributed by atoms with Crippen molar-refractivity contribution in [1.82, 2.24) is 5.32 Å². The van der Waals surface area contributed by atoms with Crippen molar-refractivity contribution in [3.8, 4) is 11.8 Å². The van der Waals surface area contributed by atoms with Crippen LogP contribution in [0.4, 0.5) is 0 Å². The fourth-order valence-corrected chi connectivity index (χ4v) is 1.55. The Hall–Kier alpha value is -1.79. The number of rotatable bonds is 6. The molecule has 0 bridgehead atoms. The molecule has 0 spiro atoms. The molecule has 1 aromatic rings. The maximum Gasteiger partial charge on any atom is 0.303 e. The predicted octanol–water partition coefficient (Wildman–Crippen LogP) is 2.05. The van der Waals surface area contributed by atoms with Crippen LogP contribution in [0.5, 0.6) is 0 Å². The molecule has 0 saturated carbocycles. The van der Waals surface area contributed by atoms with Crippen molar-refractivity contribution in [2.24, 2.45) is 0 Å². The van der Waals surface area contributed by atoms with E-state index < -0.39 is 5.97 Å². The van der Waals surface area contributed by atoms with Gasteiger partial charge in [0.25, 0.3) is 0 Å². The van der Waals surface area contributed by atoms with Gasteiger partial charge in [0, 0.05) is 24.9 Å². The fourth-order valence-electron chi connectivity index (χ4n) is 1.55. The lowest BCUT2D eigenvalue weighted by Gasteiger charge is -1.99. The smallest absolute Gasteiger partial charge is 0.303 e. The molecule has 1 aromatic carbocycles. The van der Waals surface area contributed by atoms with Gasteiger partial charge < -0.3 is 10.4 Å². The summed E-state index contributed by atoms with van der Waals surface area (Å²) in [5.41, 5.74) is 2.17. The van der Waals surface area contributed by atoms with Gasteiger partial charge in [-0.2, -0.15) is 0 Å². The van der Waals surface area contributed by atoms with Gasteiger partial charge in [-0.25, -0.2) is 0 Å². The molecule has 0 radical (unpaired) electrons. The molecule has 96 valence electrons. The van der Waals surface area contributed by atoms with E-state index in [9.17, 15) is 4.79 Å². The second kappa shape index (κ2) is 8.32. The summed E-state index contributed by atoms with van der Waals surface area (Å²) in [6.07, 6.45) is 2.56. The minimum absolute atomic E-state index is 0.228. The largest absolute Gasteiger partial charge is 0.481 e. The Morgan fingerprint density at radius 3 is 2.67 bits per heavy atom. The normalized spacial score (nSPS) is 9.61. The van der Waals surface area contributed by atoms with Crippen molar-refractivity contribution in [3.63, 3.8) is 0 Å². The maximum atomic E-state index is 10.4. The second-order valence-corrected chi connectivity index (χ2v) is 4.10. The number of hydrogen-bond donors (Lipinski definition) is 2. The van der Waals surface area contributed by atoms with Crippen LogP contribution in [0, 0.1) is 11.8 Å². The number of carbonyl (C=O) groups is 1. The SMILES string of the molecule is CNCCC#Cc1ccc(CCCC(=O)O)cc1. The van der Waals surface area contributed by atoms with Gasteiger partial charge in [-0.1, -0.05) is 24.0 Å². The number of benzene rings is 1. The lowest BCUT2D eigenvalue weighted by atomic mass is 10.1. The van der Waals surface area contributed by atoms with E-state index in [0.717, 1.165) is 30.5 Å². The van der Waals surface area contributed by atoms with Gasteiger partial charge in [0.1, 0.15) is 0 Å². The number of hydrogen-bond acceptors (Lipinski definition) is 2. The zero-order valence-corrected chi connectivity index (χ0v) is 10.7. The van der Waals surface area contributed by atoms with Gasteiger partial charge >= 0.3 is 5.97 Å². The van der Waals surface area contributed by atoms with Crippen LogP contribution in [-0.2, 0) is 11.2 Å². The minimum Gasteiger partial charge on any atom is -0.481 e. The monoisotopic (exact) mass is 245 g/mol. The molecule has 0 fully saturated rings. The predicted molar refractivity (Wildman–Crippen MR) is 72.4 cm³/mol. The van der Waals surface area contributed by atoms with Gasteiger partial charge in [0.2, 0.25) is 0 Å². The molecule has 0 unspecified atom stereocenters. The quantitative estimate of drug-likeness (QED) is 0.595. The molecule has 0 aliphatic heterocycles. The summed E-state index contributed by atoms with van der Waals surface area (Å²) in [7, 11) is 1.91. The second-order valence-electron chi connectivity index (χ2n) is 4.10. The molecule has 0 heterocycles. The third-order valence-electron chi connectivity index (χ3n) is 2.54. The topological polar surface area (TPSA) is 49.3 Å². The molecule has 0 saturated heterocycles. The molecular formula is C15H19NO2. The number of carboxylic acids is 1.